The molecule has 30 heavy (non-hydrogen) atoms. The summed E-state index contributed by atoms with van der Waals surface area (Å²) >= 11 is 0. The third kappa shape index (κ3) is 4.18. The molecule has 4 aromatic rings. The van der Waals surface area contributed by atoms with Gasteiger partial charge in [0, 0.05) is 16.3 Å². The third-order valence-electron chi connectivity index (χ3n) is 5.73. The number of aryl methyl sites for hydroxylation is 1. The van der Waals surface area contributed by atoms with Crippen LogP contribution in [-0.2, 0) is 11.0 Å². The van der Waals surface area contributed by atoms with Gasteiger partial charge in [0.05, 0.1) is 0 Å². The van der Waals surface area contributed by atoms with Crippen LogP contribution in [0.3, 0.4) is 0 Å². The van der Waals surface area contributed by atoms with Gasteiger partial charge in [-0.1, -0.05) is 122 Å². The van der Waals surface area contributed by atoms with Gasteiger partial charge in [-0.25, -0.2) is 0 Å². The lowest BCUT2D eigenvalue weighted by atomic mass is 10.0. The van der Waals surface area contributed by atoms with Crippen molar-refractivity contribution < 1.29 is 4.57 Å². The van der Waals surface area contributed by atoms with Crippen LogP contribution in [-0.4, -0.2) is 5.66 Å². The van der Waals surface area contributed by atoms with Gasteiger partial charge in [0.2, 0.25) is 0 Å². The zero-order valence-electron chi connectivity index (χ0n) is 17.3. The molecule has 1 atom stereocenters. The molecule has 2 heteroatoms. The molecule has 0 aliphatic carbocycles. The van der Waals surface area contributed by atoms with Crippen LogP contribution < -0.4 is 10.6 Å². The van der Waals surface area contributed by atoms with Crippen molar-refractivity contribution in [2.45, 2.75) is 25.4 Å². The van der Waals surface area contributed by atoms with E-state index in [0.29, 0.717) is 0 Å². The van der Waals surface area contributed by atoms with E-state index in [4.69, 9.17) is 0 Å². The summed E-state index contributed by atoms with van der Waals surface area (Å²) < 4.78 is 14.3. The molecular formula is C28H27OP. The van der Waals surface area contributed by atoms with Crippen molar-refractivity contribution in [3.05, 3.63) is 121 Å². The summed E-state index contributed by atoms with van der Waals surface area (Å²) in [5.41, 5.74) is 1.30. The average Bonchev–Trinajstić information content (AvgIpc) is 2.82. The van der Waals surface area contributed by atoms with Gasteiger partial charge in [0.15, 0.2) is 0 Å². The highest BCUT2D eigenvalue weighted by Crippen LogP contribution is 2.49. The van der Waals surface area contributed by atoms with Crippen molar-refractivity contribution in [3.63, 3.8) is 0 Å². The SMILES string of the molecule is C[C@H](/C=C/CCc1cccc2ccccc12)P(=O)(c1ccccc1)c1ccccc1. The number of allylic oxidation sites excluding steroid dienone is 2. The average molecular weight is 410 g/mol. The van der Waals surface area contributed by atoms with Crippen LogP contribution >= 0.6 is 7.14 Å². The molecule has 0 N–H and O–H groups in total. The van der Waals surface area contributed by atoms with E-state index in [1.807, 2.05) is 60.7 Å². The fourth-order valence-corrected chi connectivity index (χ4v) is 6.91. The van der Waals surface area contributed by atoms with Crippen LogP contribution in [0, 0.1) is 0 Å². The first-order valence-corrected chi connectivity index (χ1v) is 12.3. The molecule has 0 fully saturated rings. The smallest absolute Gasteiger partial charge is 0.149 e. The fourth-order valence-electron chi connectivity index (χ4n) is 4.08. The van der Waals surface area contributed by atoms with E-state index in [2.05, 4.69) is 61.5 Å². The minimum Gasteiger partial charge on any atom is -0.313 e. The summed E-state index contributed by atoms with van der Waals surface area (Å²) in [5, 5.41) is 4.44. The highest BCUT2D eigenvalue weighted by atomic mass is 31.2. The Bertz CT molecular complexity index is 1130. The number of hydrogen-bond donors (Lipinski definition) is 0. The van der Waals surface area contributed by atoms with Gasteiger partial charge in [-0.3, -0.25) is 0 Å². The summed E-state index contributed by atoms with van der Waals surface area (Å²) in [4.78, 5) is 0. The van der Waals surface area contributed by atoms with E-state index < -0.39 is 7.14 Å². The Morgan fingerprint density at radius 1 is 0.733 bits per heavy atom. The first kappa shape index (κ1) is 20.4. The van der Waals surface area contributed by atoms with Crippen LogP contribution in [0.4, 0.5) is 0 Å². The van der Waals surface area contributed by atoms with Crippen LogP contribution in [0.2, 0.25) is 0 Å². The zero-order chi connectivity index (χ0) is 20.8. The van der Waals surface area contributed by atoms with Crippen LogP contribution in [0.25, 0.3) is 10.8 Å². The predicted octanol–water partition coefficient (Wildman–Crippen LogP) is 6.73. The molecule has 0 saturated heterocycles. The largest absolute Gasteiger partial charge is 0.313 e. The van der Waals surface area contributed by atoms with E-state index in [-0.39, 0.29) is 5.66 Å². The molecule has 0 aliphatic heterocycles. The zero-order valence-corrected chi connectivity index (χ0v) is 18.2. The van der Waals surface area contributed by atoms with Gasteiger partial charge >= 0.3 is 0 Å². The van der Waals surface area contributed by atoms with Crippen molar-refractivity contribution in [2.24, 2.45) is 0 Å². The predicted molar refractivity (Wildman–Crippen MR) is 131 cm³/mol. The molecule has 0 amide bonds. The van der Waals surface area contributed by atoms with E-state index in [1.54, 1.807) is 0 Å². The molecule has 0 radical (unpaired) electrons. The Balaban J connectivity index is 1.55. The van der Waals surface area contributed by atoms with E-state index in [0.717, 1.165) is 23.5 Å². The summed E-state index contributed by atoms with van der Waals surface area (Å²) in [6, 6.07) is 34.8. The van der Waals surface area contributed by atoms with Gasteiger partial charge in [0.1, 0.15) is 7.14 Å². The van der Waals surface area contributed by atoms with Crippen molar-refractivity contribution in [3.8, 4) is 0 Å². The van der Waals surface area contributed by atoms with Gasteiger partial charge < -0.3 is 4.57 Å². The molecule has 1 nitrogen and oxygen atoms in total. The Hall–Kier alpha value is -2.89. The lowest BCUT2D eigenvalue weighted by Crippen LogP contribution is -2.22. The molecule has 4 aromatic carbocycles. The lowest BCUT2D eigenvalue weighted by molar-refractivity contribution is 0.584. The topological polar surface area (TPSA) is 17.1 Å². The summed E-state index contributed by atoms with van der Waals surface area (Å²) in [6.45, 7) is 2.08. The maximum atomic E-state index is 14.3. The maximum Gasteiger partial charge on any atom is 0.149 e. The molecule has 0 spiro atoms. The van der Waals surface area contributed by atoms with Crippen molar-refractivity contribution >= 4 is 28.5 Å². The molecule has 0 heterocycles. The number of fused-ring (bicyclic) bond motifs is 1. The summed E-state index contributed by atoms with van der Waals surface area (Å²) in [6.07, 6.45) is 6.25. The molecule has 0 aromatic heterocycles. The van der Waals surface area contributed by atoms with Gasteiger partial charge in [-0.2, -0.15) is 0 Å². The quantitative estimate of drug-likeness (QED) is 0.244. The van der Waals surface area contributed by atoms with E-state index in [9.17, 15) is 4.57 Å². The van der Waals surface area contributed by atoms with Gasteiger partial charge in [-0.15, -0.1) is 0 Å². The Labute approximate surface area is 179 Å². The third-order valence-corrected chi connectivity index (χ3v) is 9.18. The normalized spacial score (nSPS) is 13.0. The molecular weight excluding hydrogens is 383 g/mol. The maximum absolute atomic E-state index is 14.3. The monoisotopic (exact) mass is 410 g/mol. The standard InChI is InChI=1S/C28H27OP/c1-23(13-8-9-14-24-16-12-17-25-15-10-11-22-28(24)25)30(29,26-18-4-2-5-19-26)27-20-6-3-7-21-27/h2-8,10-13,15-23H,9,14H2,1H3/b13-8+/t23-/m1/s1. The highest BCUT2D eigenvalue weighted by molar-refractivity contribution is 7.79. The van der Waals surface area contributed by atoms with Crippen LogP contribution in [0.15, 0.2) is 115 Å². The lowest BCUT2D eigenvalue weighted by Gasteiger charge is -2.24. The summed E-state index contributed by atoms with van der Waals surface area (Å²) in [7, 11) is -2.75. The number of hydrogen-bond acceptors (Lipinski definition) is 1. The van der Waals surface area contributed by atoms with Crippen LogP contribution in [0.5, 0.6) is 0 Å². The van der Waals surface area contributed by atoms with Gasteiger partial charge in [0.25, 0.3) is 0 Å². The van der Waals surface area contributed by atoms with Crippen molar-refractivity contribution in [1.29, 1.82) is 0 Å². The van der Waals surface area contributed by atoms with Gasteiger partial charge in [-0.05, 0) is 29.2 Å². The number of benzene rings is 4. The minimum absolute atomic E-state index is 0.0604. The molecule has 0 aliphatic rings. The number of rotatable bonds is 7. The second kappa shape index (κ2) is 9.28. The van der Waals surface area contributed by atoms with Crippen molar-refractivity contribution in [2.75, 3.05) is 0 Å². The van der Waals surface area contributed by atoms with Crippen LogP contribution in [0.1, 0.15) is 18.9 Å². The highest BCUT2D eigenvalue weighted by Gasteiger charge is 2.31. The molecule has 150 valence electrons. The molecule has 0 saturated carbocycles. The first-order valence-electron chi connectivity index (χ1n) is 10.5. The molecule has 0 bridgehead atoms. The Morgan fingerprint density at radius 2 is 1.30 bits per heavy atom. The van der Waals surface area contributed by atoms with E-state index in [1.165, 1.54) is 16.3 Å². The minimum atomic E-state index is -2.75. The second-order valence-electron chi connectivity index (χ2n) is 7.67. The van der Waals surface area contributed by atoms with Crippen molar-refractivity contribution in [1.82, 2.24) is 0 Å². The summed E-state index contributed by atoms with van der Waals surface area (Å²) in [5.74, 6) is 0. The Kier molecular flexibility index (Phi) is 6.31. The molecule has 0 unspecified atom stereocenters. The Morgan fingerprint density at radius 3 is 1.97 bits per heavy atom. The second-order valence-corrected chi connectivity index (χ2v) is 10.8. The molecule has 4 rings (SSSR count). The fraction of sp³-hybridized carbons (Fsp3) is 0.143. The van der Waals surface area contributed by atoms with E-state index >= 15 is 0 Å². The first-order chi connectivity index (χ1) is 14.7.